The molecule has 1 heterocycles. The van der Waals surface area contributed by atoms with Gasteiger partial charge in [0.15, 0.2) is 0 Å². The summed E-state index contributed by atoms with van der Waals surface area (Å²) in [5.41, 5.74) is 2.50. The molecular weight excluding hydrogens is 296 g/mol. The fraction of sp³-hybridized carbons (Fsp3) is 0.176. The fourth-order valence-corrected chi connectivity index (χ4v) is 4.24. The molecule has 1 aliphatic heterocycles. The lowest BCUT2D eigenvalue weighted by molar-refractivity contribution is 0.585. The molecule has 0 spiro atoms. The summed E-state index contributed by atoms with van der Waals surface area (Å²) in [5, 5.41) is 3.25. The number of anilines is 2. The summed E-state index contributed by atoms with van der Waals surface area (Å²) in [6, 6.07) is 14.0. The summed E-state index contributed by atoms with van der Waals surface area (Å²) >= 11 is 0. The van der Waals surface area contributed by atoms with Crippen molar-refractivity contribution >= 4 is 21.4 Å². The van der Waals surface area contributed by atoms with Crippen molar-refractivity contribution in [1.29, 1.82) is 0 Å². The molecule has 1 N–H and O–H groups in total. The summed E-state index contributed by atoms with van der Waals surface area (Å²) in [7, 11) is -3.63. The molecule has 0 saturated carbocycles. The van der Waals surface area contributed by atoms with E-state index in [2.05, 4.69) is 11.9 Å². The molecular formula is C17H18N2O2S. The number of sulfonamides is 1. The number of nitrogens with one attached hydrogen (secondary N) is 1. The van der Waals surface area contributed by atoms with E-state index in [-0.39, 0.29) is 6.04 Å². The van der Waals surface area contributed by atoms with Gasteiger partial charge >= 0.3 is 0 Å². The fourth-order valence-electron chi connectivity index (χ4n) is 2.60. The zero-order valence-corrected chi connectivity index (χ0v) is 13.2. The monoisotopic (exact) mass is 314 g/mol. The topological polar surface area (TPSA) is 49.4 Å². The van der Waals surface area contributed by atoms with E-state index in [1.807, 2.05) is 43.3 Å². The third-order valence-corrected chi connectivity index (χ3v) is 5.65. The first-order chi connectivity index (χ1) is 10.5. The van der Waals surface area contributed by atoms with Crippen LogP contribution in [-0.4, -0.2) is 21.0 Å². The number of aryl methyl sites for hydroxylation is 1. The zero-order chi connectivity index (χ0) is 15.7. The Bertz CT molecular complexity index is 798. The van der Waals surface area contributed by atoms with Gasteiger partial charge in [0, 0.05) is 6.54 Å². The van der Waals surface area contributed by atoms with Gasteiger partial charge in [-0.2, -0.15) is 0 Å². The van der Waals surface area contributed by atoms with Gasteiger partial charge in [-0.25, -0.2) is 8.42 Å². The van der Waals surface area contributed by atoms with Crippen LogP contribution in [-0.2, 0) is 10.0 Å². The second-order valence-electron chi connectivity index (χ2n) is 5.32. The molecule has 0 aromatic heterocycles. The molecule has 1 unspecified atom stereocenters. The average molecular weight is 314 g/mol. The third-order valence-electron chi connectivity index (χ3n) is 3.79. The molecule has 1 atom stereocenters. The summed E-state index contributed by atoms with van der Waals surface area (Å²) in [4.78, 5) is 0.293. The van der Waals surface area contributed by atoms with Crippen LogP contribution >= 0.6 is 0 Å². The van der Waals surface area contributed by atoms with Gasteiger partial charge in [0.1, 0.15) is 0 Å². The maximum absolute atomic E-state index is 13.1. The van der Waals surface area contributed by atoms with Gasteiger partial charge in [-0.1, -0.05) is 35.9 Å². The molecule has 3 rings (SSSR count). The van der Waals surface area contributed by atoms with Crippen molar-refractivity contribution in [2.24, 2.45) is 0 Å². The van der Waals surface area contributed by atoms with Gasteiger partial charge in [0.2, 0.25) is 0 Å². The lowest BCUT2D eigenvalue weighted by atomic mass is 10.1. The Morgan fingerprint density at radius 1 is 1.18 bits per heavy atom. The quantitative estimate of drug-likeness (QED) is 0.885. The number of hydrogen-bond acceptors (Lipinski definition) is 3. The van der Waals surface area contributed by atoms with Crippen molar-refractivity contribution < 1.29 is 8.42 Å². The zero-order valence-electron chi connectivity index (χ0n) is 12.4. The Morgan fingerprint density at radius 3 is 2.55 bits per heavy atom. The second-order valence-corrected chi connectivity index (χ2v) is 7.13. The van der Waals surface area contributed by atoms with E-state index in [9.17, 15) is 8.42 Å². The van der Waals surface area contributed by atoms with Gasteiger partial charge in [-0.05, 0) is 31.2 Å². The van der Waals surface area contributed by atoms with Crippen molar-refractivity contribution in [2.75, 3.05) is 16.2 Å². The summed E-state index contributed by atoms with van der Waals surface area (Å²) in [5.74, 6) is 0. The van der Waals surface area contributed by atoms with Crippen LogP contribution in [0.15, 0.2) is 66.1 Å². The van der Waals surface area contributed by atoms with Crippen molar-refractivity contribution in [3.05, 3.63) is 66.7 Å². The molecule has 1 aliphatic rings. The molecule has 0 aliphatic carbocycles. The molecule has 0 amide bonds. The highest BCUT2D eigenvalue weighted by atomic mass is 32.2. The van der Waals surface area contributed by atoms with Crippen LogP contribution in [0, 0.1) is 6.92 Å². The summed E-state index contributed by atoms with van der Waals surface area (Å²) in [6.45, 7) is 6.22. The van der Waals surface area contributed by atoms with E-state index in [1.54, 1.807) is 18.2 Å². The summed E-state index contributed by atoms with van der Waals surface area (Å²) in [6.07, 6.45) is 1.66. The first-order valence-corrected chi connectivity index (χ1v) is 8.54. The molecule has 4 nitrogen and oxygen atoms in total. The predicted molar refractivity (Wildman–Crippen MR) is 89.8 cm³/mol. The highest BCUT2D eigenvalue weighted by Crippen LogP contribution is 2.35. The second kappa shape index (κ2) is 5.50. The van der Waals surface area contributed by atoms with Gasteiger partial charge in [-0.15, -0.1) is 6.58 Å². The largest absolute Gasteiger partial charge is 0.381 e. The van der Waals surface area contributed by atoms with E-state index in [1.165, 1.54) is 4.31 Å². The predicted octanol–water partition coefficient (Wildman–Crippen LogP) is 3.17. The minimum atomic E-state index is -3.63. The number of benzene rings is 2. The molecule has 114 valence electrons. The first kappa shape index (κ1) is 14.7. The van der Waals surface area contributed by atoms with Gasteiger partial charge in [-0.3, -0.25) is 4.31 Å². The number of rotatable bonds is 3. The van der Waals surface area contributed by atoms with Crippen LogP contribution in [0.1, 0.15) is 5.56 Å². The number of nitrogens with zero attached hydrogens (tertiary/aromatic N) is 1. The van der Waals surface area contributed by atoms with E-state index >= 15 is 0 Å². The normalized spacial score (nSPS) is 17.5. The molecule has 0 bridgehead atoms. The maximum Gasteiger partial charge on any atom is 0.264 e. The van der Waals surface area contributed by atoms with Crippen LogP contribution in [0.5, 0.6) is 0 Å². The third kappa shape index (κ3) is 2.37. The van der Waals surface area contributed by atoms with Crippen LogP contribution in [0.25, 0.3) is 0 Å². The van der Waals surface area contributed by atoms with Crippen molar-refractivity contribution in [3.63, 3.8) is 0 Å². The van der Waals surface area contributed by atoms with E-state index in [0.29, 0.717) is 17.1 Å². The van der Waals surface area contributed by atoms with Gasteiger partial charge in [0.05, 0.1) is 22.3 Å². The lowest BCUT2D eigenvalue weighted by Crippen LogP contribution is -2.46. The Balaban J connectivity index is 2.15. The van der Waals surface area contributed by atoms with Gasteiger partial charge < -0.3 is 5.32 Å². The highest BCUT2D eigenvalue weighted by molar-refractivity contribution is 7.92. The Labute approximate surface area is 131 Å². The minimum Gasteiger partial charge on any atom is -0.381 e. The van der Waals surface area contributed by atoms with Crippen LogP contribution in [0.2, 0.25) is 0 Å². The standard InChI is InChI=1S/C17H18N2O2S/c1-3-14-12-18-16-6-4-5-7-17(16)19(14)22(20,21)15-10-8-13(2)9-11-15/h3-11,14,18H,1,12H2,2H3. The number of fused-ring (bicyclic) bond motifs is 1. The molecule has 2 aromatic rings. The highest BCUT2D eigenvalue weighted by Gasteiger charge is 2.34. The molecule has 0 radical (unpaired) electrons. The molecule has 2 aromatic carbocycles. The Morgan fingerprint density at radius 2 is 1.86 bits per heavy atom. The van der Waals surface area contributed by atoms with Crippen LogP contribution in [0.4, 0.5) is 11.4 Å². The van der Waals surface area contributed by atoms with Crippen molar-refractivity contribution in [1.82, 2.24) is 0 Å². The molecule has 0 saturated heterocycles. The van der Waals surface area contributed by atoms with Gasteiger partial charge in [0.25, 0.3) is 10.0 Å². The van der Waals surface area contributed by atoms with Crippen LogP contribution < -0.4 is 9.62 Å². The van der Waals surface area contributed by atoms with Crippen molar-refractivity contribution in [3.8, 4) is 0 Å². The lowest BCUT2D eigenvalue weighted by Gasteiger charge is -2.36. The Hall–Kier alpha value is -2.27. The summed E-state index contributed by atoms with van der Waals surface area (Å²) < 4.78 is 27.6. The number of hydrogen-bond donors (Lipinski definition) is 1. The molecule has 22 heavy (non-hydrogen) atoms. The Kier molecular flexibility index (Phi) is 3.66. The van der Waals surface area contributed by atoms with Crippen molar-refractivity contribution in [2.45, 2.75) is 17.9 Å². The SMILES string of the molecule is C=CC1CNc2ccccc2N1S(=O)(=O)c1ccc(C)cc1. The number of para-hydroxylation sites is 2. The molecule has 0 fully saturated rings. The first-order valence-electron chi connectivity index (χ1n) is 7.10. The van der Waals surface area contributed by atoms with E-state index in [0.717, 1.165) is 11.3 Å². The molecule has 5 heteroatoms. The average Bonchev–Trinajstić information content (AvgIpc) is 2.54. The maximum atomic E-state index is 13.1. The van der Waals surface area contributed by atoms with E-state index in [4.69, 9.17) is 0 Å². The van der Waals surface area contributed by atoms with Crippen LogP contribution in [0.3, 0.4) is 0 Å². The van der Waals surface area contributed by atoms with E-state index < -0.39 is 10.0 Å². The minimum absolute atomic E-state index is 0.293. The smallest absolute Gasteiger partial charge is 0.264 e.